The van der Waals surface area contributed by atoms with Gasteiger partial charge in [-0.2, -0.15) is 0 Å². The molecule has 17 heavy (non-hydrogen) atoms. The van der Waals surface area contributed by atoms with Crippen LogP contribution >= 0.6 is 0 Å². The van der Waals surface area contributed by atoms with E-state index in [0.717, 1.165) is 26.1 Å². The van der Waals surface area contributed by atoms with Crippen LogP contribution in [0.15, 0.2) is 0 Å². The van der Waals surface area contributed by atoms with Crippen LogP contribution in [0.3, 0.4) is 0 Å². The van der Waals surface area contributed by atoms with Crippen molar-refractivity contribution in [3.05, 3.63) is 0 Å². The number of nitrogens with one attached hydrogen (secondary N) is 1. The number of ether oxygens (including phenoxy) is 1. The maximum atomic E-state index is 11.1. The molecule has 2 aliphatic rings. The lowest BCUT2D eigenvalue weighted by Crippen LogP contribution is -2.46. The highest BCUT2D eigenvalue weighted by Gasteiger charge is 2.43. The van der Waals surface area contributed by atoms with Gasteiger partial charge in [-0.15, -0.1) is 0 Å². The van der Waals surface area contributed by atoms with Gasteiger partial charge < -0.3 is 10.1 Å². The number of rotatable bonds is 4. The van der Waals surface area contributed by atoms with Crippen LogP contribution in [0.25, 0.3) is 0 Å². The minimum atomic E-state index is -2.85. The Bertz CT molecular complexity index is 347. The zero-order chi connectivity index (χ0) is 12.4. The van der Waals surface area contributed by atoms with Crippen molar-refractivity contribution in [3.63, 3.8) is 0 Å². The normalized spacial score (nSPS) is 28.6. The molecule has 1 saturated heterocycles. The smallest absolute Gasteiger partial charge is 0.148 e. The van der Waals surface area contributed by atoms with E-state index in [1.807, 2.05) is 0 Å². The fraction of sp³-hybridized carbons (Fsp3) is 1.00. The molecule has 0 aromatic carbocycles. The molecule has 0 amide bonds. The van der Waals surface area contributed by atoms with E-state index in [0.29, 0.717) is 18.0 Å². The summed E-state index contributed by atoms with van der Waals surface area (Å²) in [7, 11) is -2.85. The summed E-state index contributed by atoms with van der Waals surface area (Å²) in [5.41, 5.74) is 0.385. The summed E-state index contributed by atoms with van der Waals surface area (Å²) in [6.45, 7) is 2.32. The maximum absolute atomic E-state index is 11.1. The molecule has 1 saturated carbocycles. The zero-order valence-corrected chi connectivity index (χ0v) is 11.4. The van der Waals surface area contributed by atoms with E-state index in [9.17, 15) is 8.42 Å². The van der Waals surface area contributed by atoms with E-state index >= 15 is 0 Å². The summed E-state index contributed by atoms with van der Waals surface area (Å²) >= 11 is 0. The Hall–Kier alpha value is -0.130. The van der Waals surface area contributed by atoms with Crippen molar-refractivity contribution in [2.75, 3.05) is 31.8 Å². The Morgan fingerprint density at radius 2 is 2.00 bits per heavy atom. The standard InChI is InChI=1S/C12H23NO3S/c1-17(14,15)10-7-13-11-3-2-4-12(11)5-8-16-9-6-12/h11,13H,2-10H2,1H3. The first-order valence-corrected chi connectivity index (χ1v) is 8.57. The highest BCUT2D eigenvalue weighted by atomic mass is 32.2. The van der Waals surface area contributed by atoms with Crippen molar-refractivity contribution in [3.8, 4) is 0 Å². The Kier molecular flexibility index (Phi) is 4.10. The molecule has 1 heterocycles. The van der Waals surface area contributed by atoms with E-state index in [1.165, 1.54) is 25.5 Å². The van der Waals surface area contributed by atoms with Gasteiger partial charge in [0.1, 0.15) is 9.84 Å². The summed E-state index contributed by atoms with van der Waals surface area (Å²) < 4.78 is 27.7. The van der Waals surface area contributed by atoms with Gasteiger partial charge in [0.25, 0.3) is 0 Å². The van der Waals surface area contributed by atoms with Crippen molar-refractivity contribution in [2.45, 2.75) is 38.1 Å². The predicted molar refractivity (Wildman–Crippen MR) is 67.8 cm³/mol. The van der Waals surface area contributed by atoms with Gasteiger partial charge in [-0.25, -0.2) is 8.42 Å². The molecule has 0 radical (unpaired) electrons. The number of hydrogen-bond donors (Lipinski definition) is 1. The van der Waals surface area contributed by atoms with Gasteiger partial charge >= 0.3 is 0 Å². The second-order valence-electron chi connectivity index (χ2n) is 5.50. The molecular weight excluding hydrogens is 238 g/mol. The summed E-state index contributed by atoms with van der Waals surface area (Å²) in [4.78, 5) is 0. The quantitative estimate of drug-likeness (QED) is 0.819. The minimum Gasteiger partial charge on any atom is -0.381 e. The van der Waals surface area contributed by atoms with Crippen LogP contribution in [0, 0.1) is 5.41 Å². The van der Waals surface area contributed by atoms with Crippen molar-refractivity contribution in [2.24, 2.45) is 5.41 Å². The summed E-state index contributed by atoms with van der Waals surface area (Å²) in [5, 5.41) is 3.46. The number of sulfone groups is 1. The van der Waals surface area contributed by atoms with Crippen molar-refractivity contribution in [1.82, 2.24) is 5.32 Å². The topological polar surface area (TPSA) is 55.4 Å². The van der Waals surface area contributed by atoms with Crippen molar-refractivity contribution >= 4 is 9.84 Å². The second-order valence-corrected chi connectivity index (χ2v) is 7.76. The lowest BCUT2D eigenvalue weighted by Gasteiger charge is -2.39. The van der Waals surface area contributed by atoms with Gasteiger partial charge in [-0.1, -0.05) is 6.42 Å². The van der Waals surface area contributed by atoms with E-state index in [1.54, 1.807) is 0 Å². The molecule has 2 fully saturated rings. The van der Waals surface area contributed by atoms with Gasteiger partial charge in [-0.05, 0) is 31.1 Å². The molecule has 2 rings (SSSR count). The molecule has 1 aliphatic heterocycles. The van der Waals surface area contributed by atoms with Crippen LogP contribution in [0.2, 0.25) is 0 Å². The third-order valence-electron chi connectivity index (χ3n) is 4.26. The Balaban J connectivity index is 1.87. The molecular formula is C12H23NO3S. The van der Waals surface area contributed by atoms with Crippen LogP contribution in [-0.4, -0.2) is 46.2 Å². The largest absolute Gasteiger partial charge is 0.381 e. The van der Waals surface area contributed by atoms with Gasteiger partial charge in [0.2, 0.25) is 0 Å². The average Bonchev–Trinajstić information content (AvgIpc) is 2.61. The van der Waals surface area contributed by atoms with Crippen molar-refractivity contribution in [1.29, 1.82) is 0 Å². The molecule has 1 atom stereocenters. The van der Waals surface area contributed by atoms with E-state index in [-0.39, 0.29) is 5.75 Å². The van der Waals surface area contributed by atoms with E-state index < -0.39 is 9.84 Å². The van der Waals surface area contributed by atoms with Crippen LogP contribution < -0.4 is 5.32 Å². The highest BCUT2D eigenvalue weighted by Crippen LogP contribution is 2.45. The monoisotopic (exact) mass is 261 g/mol. The molecule has 0 aromatic rings. The molecule has 100 valence electrons. The lowest BCUT2D eigenvalue weighted by molar-refractivity contribution is 0.00478. The Morgan fingerprint density at radius 3 is 2.65 bits per heavy atom. The molecule has 1 N–H and O–H groups in total. The average molecular weight is 261 g/mol. The second kappa shape index (κ2) is 5.24. The minimum absolute atomic E-state index is 0.246. The summed E-state index contributed by atoms with van der Waals surface area (Å²) in [6, 6.07) is 0.494. The van der Waals surface area contributed by atoms with Crippen LogP contribution in [0.4, 0.5) is 0 Å². The number of hydrogen-bond acceptors (Lipinski definition) is 4. The van der Waals surface area contributed by atoms with Gasteiger partial charge in [0.15, 0.2) is 0 Å². The first-order chi connectivity index (χ1) is 8.02. The van der Waals surface area contributed by atoms with E-state index in [4.69, 9.17) is 4.74 Å². The van der Waals surface area contributed by atoms with Crippen LogP contribution in [-0.2, 0) is 14.6 Å². The SMILES string of the molecule is CS(=O)(=O)CCNC1CCCC12CCOCC2. The van der Waals surface area contributed by atoms with Gasteiger partial charge in [0, 0.05) is 32.1 Å². The van der Waals surface area contributed by atoms with Crippen LogP contribution in [0.5, 0.6) is 0 Å². The summed E-state index contributed by atoms with van der Waals surface area (Å²) in [5.74, 6) is 0.246. The molecule has 1 spiro atoms. The first kappa shape index (κ1) is 13.3. The molecule has 0 bridgehead atoms. The van der Waals surface area contributed by atoms with E-state index in [2.05, 4.69) is 5.32 Å². The molecule has 5 heteroatoms. The highest BCUT2D eigenvalue weighted by molar-refractivity contribution is 7.90. The lowest BCUT2D eigenvalue weighted by atomic mass is 9.75. The molecule has 4 nitrogen and oxygen atoms in total. The summed E-state index contributed by atoms with van der Waals surface area (Å²) in [6.07, 6.45) is 7.27. The Labute approximate surface area is 104 Å². The predicted octanol–water partition coefficient (Wildman–Crippen LogP) is 0.970. The molecule has 0 aromatic heterocycles. The molecule has 1 aliphatic carbocycles. The third-order valence-corrected chi connectivity index (χ3v) is 5.20. The molecule has 1 unspecified atom stereocenters. The van der Waals surface area contributed by atoms with Gasteiger partial charge in [0.05, 0.1) is 5.75 Å². The first-order valence-electron chi connectivity index (χ1n) is 6.51. The fourth-order valence-corrected chi connectivity index (χ4v) is 3.74. The third kappa shape index (κ3) is 3.42. The Morgan fingerprint density at radius 1 is 1.29 bits per heavy atom. The fourth-order valence-electron chi connectivity index (χ4n) is 3.25. The van der Waals surface area contributed by atoms with Gasteiger partial charge in [-0.3, -0.25) is 0 Å². The van der Waals surface area contributed by atoms with Crippen LogP contribution in [0.1, 0.15) is 32.1 Å². The maximum Gasteiger partial charge on any atom is 0.148 e. The zero-order valence-electron chi connectivity index (χ0n) is 10.6. The van der Waals surface area contributed by atoms with Crippen molar-refractivity contribution < 1.29 is 13.2 Å².